The normalized spacial score (nSPS) is 25.9. The molecule has 1 aliphatic carbocycles. The lowest BCUT2D eigenvalue weighted by atomic mass is 9.73. The Morgan fingerprint density at radius 2 is 2.00 bits per heavy atom. The van der Waals surface area contributed by atoms with Gasteiger partial charge in [-0.1, -0.05) is 0 Å². The summed E-state index contributed by atoms with van der Waals surface area (Å²) in [7, 11) is 0. The van der Waals surface area contributed by atoms with Crippen molar-refractivity contribution in [3.8, 4) is 0 Å². The van der Waals surface area contributed by atoms with E-state index in [-0.39, 0.29) is 29.3 Å². The van der Waals surface area contributed by atoms with Gasteiger partial charge in [0.15, 0.2) is 0 Å². The van der Waals surface area contributed by atoms with Crippen LogP contribution in [0.25, 0.3) is 0 Å². The molecule has 3 heterocycles. The maximum Gasteiger partial charge on any atom is 0.267 e. The van der Waals surface area contributed by atoms with Crippen molar-refractivity contribution in [2.24, 2.45) is 5.41 Å². The third-order valence-electron chi connectivity index (χ3n) is 6.42. The highest BCUT2D eigenvalue weighted by Crippen LogP contribution is 2.42. The number of carbonyl (C=O) groups is 2. The van der Waals surface area contributed by atoms with Gasteiger partial charge in [-0.3, -0.25) is 14.4 Å². The number of piperidine rings is 2. The van der Waals surface area contributed by atoms with Gasteiger partial charge >= 0.3 is 0 Å². The van der Waals surface area contributed by atoms with Gasteiger partial charge in [0.25, 0.3) is 5.56 Å². The molecule has 1 aromatic heterocycles. The summed E-state index contributed by atoms with van der Waals surface area (Å²) in [5.74, 6) is 0.222. The molecule has 1 atom stereocenters. The molecule has 1 saturated carbocycles. The molecule has 2 aliphatic heterocycles. The van der Waals surface area contributed by atoms with E-state index in [2.05, 4.69) is 10.00 Å². The third-order valence-corrected chi connectivity index (χ3v) is 6.42. The first-order valence-electron chi connectivity index (χ1n) is 10.00. The Kier molecular flexibility index (Phi) is 4.56. The fourth-order valence-corrected chi connectivity index (χ4v) is 4.53. The van der Waals surface area contributed by atoms with Crippen molar-refractivity contribution in [3.05, 3.63) is 27.7 Å². The monoisotopic (exact) mass is 372 g/mol. The Morgan fingerprint density at radius 3 is 2.74 bits per heavy atom. The van der Waals surface area contributed by atoms with Crippen molar-refractivity contribution in [1.29, 1.82) is 0 Å². The molecule has 0 unspecified atom stereocenters. The largest absolute Gasteiger partial charge is 0.340 e. The van der Waals surface area contributed by atoms with Gasteiger partial charge in [0.05, 0.1) is 5.69 Å². The Balaban J connectivity index is 1.46. The third kappa shape index (κ3) is 3.64. The van der Waals surface area contributed by atoms with Crippen molar-refractivity contribution in [2.75, 3.05) is 19.6 Å². The zero-order valence-corrected chi connectivity index (χ0v) is 16.2. The van der Waals surface area contributed by atoms with E-state index in [1.807, 2.05) is 18.7 Å². The fraction of sp³-hybridized carbons (Fsp3) is 0.700. The van der Waals surface area contributed by atoms with Crippen LogP contribution in [0.5, 0.6) is 0 Å². The molecule has 27 heavy (non-hydrogen) atoms. The second-order valence-electron chi connectivity index (χ2n) is 8.58. The molecule has 7 heteroatoms. The second kappa shape index (κ2) is 6.77. The van der Waals surface area contributed by atoms with E-state index in [4.69, 9.17) is 0 Å². The number of likely N-dealkylation sites (tertiary alicyclic amines) is 2. The molecule has 7 nitrogen and oxygen atoms in total. The molecule has 0 N–H and O–H groups in total. The van der Waals surface area contributed by atoms with Crippen molar-refractivity contribution in [3.63, 3.8) is 0 Å². The minimum atomic E-state index is -0.235. The number of nitrogens with zero attached hydrogens (tertiary/aromatic N) is 4. The molecule has 2 saturated heterocycles. The smallest absolute Gasteiger partial charge is 0.267 e. The zero-order chi connectivity index (χ0) is 19.2. The summed E-state index contributed by atoms with van der Waals surface area (Å²) in [4.78, 5) is 41.2. The summed E-state index contributed by atoms with van der Waals surface area (Å²) in [5.41, 5.74) is 1.39. The lowest BCUT2D eigenvalue weighted by Gasteiger charge is -2.48. The van der Waals surface area contributed by atoms with Gasteiger partial charge < -0.3 is 9.80 Å². The Hall–Kier alpha value is -2.18. The van der Waals surface area contributed by atoms with Crippen LogP contribution < -0.4 is 5.56 Å². The molecule has 3 aliphatic rings. The topological polar surface area (TPSA) is 75.5 Å². The SMILES string of the molecule is Cc1cc(=O)n(CC(=O)N2CCC[C@]3(CCC(=O)N(C4CC4)C3)C2)nc1C. The summed E-state index contributed by atoms with van der Waals surface area (Å²) in [5, 5.41) is 4.27. The highest BCUT2D eigenvalue weighted by molar-refractivity contribution is 5.78. The lowest BCUT2D eigenvalue weighted by molar-refractivity contribution is -0.144. The molecule has 1 aromatic rings. The minimum Gasteiger partial charge on any atom is -0.340 e. The number of amides is 2. The molecular weight excluding hydrogens is 344 g/mol. The van der Waals surface area contributed by atoms with E-state index in [0.717, 1.165) is 56.5 Å². The van der Waals surface area contributed by atoms with E-state index in [0.29, 0.717) is 19.0 Å². The van der Waals surface area contributed by atoms with Crippen molar-refractivity contribution in [2.45, 2.75) is 65.0 Å². The fourth-order valence-electron chi connectivity index (χ4n) is 4.53. The molecule has 3 fully saturated rings. The van der Waals surface area contributed by atoms with Crippen molar-refractivity contribution < 1.29 is 9.59 Å². The summed E-state index contributed by atoms with van der Waals surface area (Å²) in [6.07, 6.45) is 5.71. The van der Waals surface area contributed by atoms with Gasteiger partial charge in [0.1, 0.15) is 6.54 Å². The minimum absolute atomic E-state index is 0.0126. The van der Waals surface area contributed by atoms with Gasteiger partial charge in [0, 0.05) is 43.6 Å². The van der Waals surface area contributed by atoms with Crippen LogP contribution >= 0.6 is 0 Å². The van der Waals surface area contributed by atoms with Crippen molar-refractivity contribution >= 4 is 11.8 Å². The molecule has 0 aromatic carbocycles. The zero-order valence-electron chi connectivity index (χ0n) is 16.2. The molecule has 4 rings (SSSR count). The van der Waals surface area contributed by atoms with Crippen LogP contribution in [0.4, 0.5) is 0 Å². The molecule has 0 radical (unpaired) electrons. The predicted octanol–water partition coefficient (Wildman–Crippen LogP) is 1.25. The van der Waals surface area contributed by atoms with E-state index in [1.165, 1.54) is 10.7 Å². The highest BCUT2D eigenvalue weighted by atomic mass is 16.2. The number of hydrogen-bond acceptors (Lipinski definition) is 4. The molecule has 0 bridgehead atoms. The number of carbonyl (C=O) groups excluding carboxylic acids is 2. The maximum absolute atomic E-state index is 12.9. The number of hydrogen-bond donors (Lipinski definition) is 0. The van der Waals surface area contributed by atoms with Crippen molar-refractivity contribution in [1.82, 2.24) is 19.6 Å². The van der Waals surface area contributed by atoms with Crippen LogP contribution in [-0.4, -0.2) is 57.1 Å². The molecule has 1 spiro atoms. The standard InChI is InChI=1S/C20H28N4O3/c1-14-10-18(26)24(21-15(14)2)11-19(27)22-9-3-7-20(12-22)8-6-17(25)23(13-20)16-4-5-16/h10,16H,3-9,11-13H2,1-2H3/t20-/m0/s1. The van der Waals surface area contributed by atoms with Gasteiger partial charge in [0.2, 0.25) is 11.8 Å². The van der Waals surface area contributed by atoms with Crippen LogP contribution in [0.2, 0.25) is 0 Å². The quantitative estimate of drug-likeness (QED) is 0.800. The van der Waals surface area contributed by atoms with Gasteiger partial charge in [-0.2, -0.15) is 5.10 Å². The van der Waals surface area contributed by atoms with Gasteiger partial charge in [-0.15, -0.1) is 0 Å². The average Bonchev–Trinajstić information content (AvgIpc) is 3.47. The molecule has 2 amide bonds. The van der Waals surface area contributed by atoms with E-state index in [1.54, 1.807) is 0 Å². The molecular formula is C20H28N4O3. The van der Waals surface area contributed by atoms with E-state index >= 15 is 0 Å². The first-order valence-corrected chi connectivity index (χ1v) is 10.00. The van der Waals surface area contributed by atoms with Crippen LogP contribution in [-0.2, 0) is 16.1 Å². The van der Waals surface area contributed by atoms with Crippen LogP contribution in [0.15, 0.2) is 10.9 Å². The maximum atomic E-state index is 12.9. The van der Waals surface area contributed by atoms with Gasteiger partial charge in [-0.05, 0) is 51.5 Å². The first-order chi connectivity index (χ1) is 12.9. The summed E-state index contributed by atoms with van der Waals surface area (Å²) in [6.45, 7) is 5.86. The highest BCUT2D eigenvalue weighted by Gasteiger charge is 2.46. The Morgan fingerprint density at radius 1 is 1.22 bits per heavy atom. The Labute approximate surface area is 159 Å². The summed E-state index contributed by atoms with van der Waals surface area (Å²) in [6, 6.07) is 1.96. The van der Waals surface area contributed by atoms with Gasteiger partial charge in [-0.25, -0.2) is 4.68 Å². The predicted molar refractivity (Wildman–Crippen MR) is 100 cm³/mol. The first kappa shape index (κ1) is 18.2. The summed E-state index contributed by atoms with van der Waals surface area (Å²) >= 11 is 0. The number of rotatable bonds is 3. The average molecular weight is 372 g/mol. The summed E-state index contributed by atoms with van der Waals surface area (Å²) < 4.78 is 1.27. The number of aryl methyl sites for hydroxylation is 2. The van der Waals surface area contributed by atoms with Crippen LogP contribution in [0.1, 0.15) is 49.8 Å². The number of aromatic nitrogens is 2. The van der Waals surface area contributed by atoms with E-state index in [9.17, 15) is 14.4 Å². The lowest BCUT2D eigenvalue weighted by Crippen LogP contribution is -2.56. The second-order valence-corrected chi connectivity index (χ2v) is 8.58. The van der Waals surface area contributed by atoms with Crippen LogP contribution in [0.3, 0.4) is 0 Å². The van der Waals surface area contributed by atoms with E-state index < -0.39 is 0 Å². The Bertz CT molecular complexity index is 829. The van der Waals surface area contributed by atoms with Crippen LogP contribution in [0, 0.1) is 19.3 Å². The molecule has 146 valence electrons.